The molecule has 1 aromatic rings. The van der Waals surface area contributed by atoms with Crippen LogP contribution in [0, 0.1) is 18.8 Å². The summed E-state index contributed by atoms with van der Waals surface area (Å²) in [6, 6.07) is 6.15. The van der Waals surface area contributed by atoms with Crippen LogP contribution < -0.4 is 0 Å². The Morgan fingerprint density at radius 2 is 2.12 bits per heavy atom. The molecule has 0 amide bonds. The van der Waals surface area contributed by atoms with Crippen molar-refractivity contribution < 1.29 is 14.6 Å². The number of hydrogen-bond donors (Lipinski definition) is 1. The van der Waals surface area contributed by atoms with Crippen LogP contribution in [0.1, 0.15) is 45.2 Å². The molecule has 1 aliphatic heterocycles. The molecular formula is C21H32ClNO3. The van der Waals surface area contributed by atoms with Gasteiger partial charge in [0.1, 0.15) is 5.60 Å². The van der Waals surface area contributed by atoms with Crippen LogP contribution in [0.2, 0.25) is 5.02 Å². The average Bonchev–Trinajstić information content (AvgIpc) is 2.50. The number of esters is 1. The smallest absolute Gasteiger partial charge is 0.320 e. The summed E-state index contributed by atoms with van der Waals surface area (Å²) < 4.78 is 5.43. The van der Waals surface area contributed by atoms with Crippen LogP contribution >= 0.6 is 11.6 Å². The van der Waals surface area contributed by atoms with E-state index in [-0.39, 0.29) is 18.4 Å². The summed E-state index contributed by atoms with van der Waals surface area (Å²) in [5.41, 5.74) is 1.87. The largest absolute Gasteiger partial charge is 0.459 e. The number of hydrogen-bond acceptors (Lipinski definition) is 4. The summed E-state index contributed by atoms with van der Waals surface area (Å²) in [7, 11) is 0. The van der Waals surface area contributed by atoms with E-state index in [9.17, 15) is 9.90 Å². The Morgan fingerprint density at radius 1 is 1.42 bits per heavy atom. The van der Waals surface area contributed by atoms with E-state index in [1.165, 1.54) is 5.56 Å². The summed E-state index contributed by atoms with van der Waals surface area (Å²) >= 11 is 6.13. The molecule has 0 aliphatic carbocycles. The normalized spacial score (nSPS) is 22.9. The Bertz CT molecular complexity index is 624. The van der Waals surface area contributed by atoms with Crippen molar-refractivity contribution >= 4 is 17.6 Å². The predicted molar refractivity (Wildman–Crippen MR) is 105 cm³/mol. The van der Waals surface area contributed by atoms with Crippen molar-refractivity contribution in [2.24, 2.45) is 11.8 Å². The first-order valence-electron chi connectivity index (χ1n) is 9.42. The highest BCUT2D eigenvalue weighted by atomic mass is 35.5. The summed E-state index contributed by atoms with van der Waals surface area (Å²) in [6.07, 6.45) is 1.48. The van der Waals surface area contributed by atoms with Crippen LogP contribution in [-0.2, 0) is 16.0 Å². The fraction of sp³-hybridized carbons (Fsp3) is 0.667. The molecule has 0 bridgehead atoms. The molecule has 3 unspecified atom stereocenters. The number of benzene rings is 1. The molecule has 1 heterocycles. The van der Waals surface area contributed by atoms with Gasteiger partial charge in [-0.25, -0.2) is 0 Å². The van der Waals surface area contributed by atoms with Gasteiger partial charge in [0, 0.05) is 17.5 Å². The first kappa shape index (κ1) is 21.2. The first-order valence-corrected chi connectivity index (χ1v) is 9.80. The molecule has 2 rings (SSSR count). The summed E-state index contributed by atoms with van der Waals surface area (Å²) in [5.74, 6) is 0.334. The lowest BCUT2D eigenvalue weighted by Crippen LogP contribution is -2.47. The number of rotatable bonds is 5. The molecule has 1 fully saturated rings. The zero-order valence-corrected chi connectivity index (χ0v) is 17.3. The van der Waals surface area contributed by atoms with E-state index in [0.29, 0.717) is 12.5 Å². The van der Waals surface area contributed by atoms with E-state index in [0.717, 1.165) is 30.0 Å². The molecule has 146 valence electrons. The van der Waals surface area contributed by atoms with Gasteiger partial charge in [-0.2, -0.15) is 0 Å². The first-order chi connectivity index (χ1) is 12.0. The van der Waals surface area contributed by atoms with E-state index in [4.69, 9.17) is 16.3 Å². The topological polar surface area (TPSA) is 49.8 Å². The fourth-order valence-corrected chi connectivity index (χ4v) is 3.85. The number of piperidine rings is 1. The highest BCUT2D eigenvalue weighted by molar-refractivity contribution is 6.31. The maximum absolute atomic E-state index is 12.1. The van der Waals surface area contributed by atoms with Crippen molar-refractivity contribution in [2.75, 3.05) is 19.6 Å². The van der Waals surface area contributed by atoms with Gasteiger partial charge in [0.05, 0.1) is 12.6 Å². The molecule has 0 radical (unpaired) electrons. The van der Waals surface area contributed by atoms with Gasteiger partial charge in [-0.3, -0.25) is 9.69 Å². The predicted octanol–water partition coefficient (Wildman–Crippen LogP) is 3.85. The quantitative estimate of drug-likeness (QED) is 0.787. The fourth-order valence-electron chi connectivity index (χ4n) is 3.74. The molecule has 0 spiro atoms. The number of aryl methyl sites for hydroxylation is 1. The lowest BCUT2D eigenvalue weighted by molar-refractivity contribution is -0.157. The van der Waals surface area contributed by atoms with Gasteiger partial charge in [0.2, 0.25) is 0 Å². The minimum atomic E-state index is -0.467. The van der Waals surface area contributed by atoms with Crippen LogP contribution in [0.5, 0.6) is 0 Å². The average molecular weight is 382 g/mol. The van der Waals surface area contributed by atoms with Crippen molar-refractivity contribution in [3.8, 4) is 0 Å². The summed E-state index contributed by atoms with van der Waals surface area (Å²) in [4.78, 5) is 14.2. The molecule has 26 heavy (non-hydrogen) atoms. The Balaban J connectivity index is 1.99. The van der Waals surface area contributed by atoms with Gasteiger partial charge in [-0.05, 0) is 77.1 Å². The number of carbonyl (C=O) groups is 1. The zero-order valence-electron chi connectivity index (χ0n) is 16.6. The summed E-state index contributed by atoms with van der Waals surface area (Å²) in [6.45, 7) is 11.3. The molecule has 1 N–H and O–H groups in total. The lowest BCUT2D eigenvalue weighted by Gasteiger charge is -2.40. The van der Waals surface area contributed by atoms with Crippen molar-refractivity contribution in [3.05, 3.63) is 34.3 Å². The highest BCUT2D eigenvalue weighted by Gasteiger charge is 2.33. The molecule has 1 aromatic carbocycles. The Hall–Kier alpha value is -1.10. The van der Waals surface area contributed by atoms with Crippen molar-refractivity contribution in [1.82, 2.24) is 4.90 Å². The maximum atomic E-state index is 12.1. The minimum Gasteiger partial charge on any atom is -0.459 e. The SMILES string of the molecule is Cc1cc(CC2CCN(CC(=O)OC(C)(C)C)CC2C(C)O)ccc1Cl. The van der Waals surface area contributed by atoms with Crippen molar-refractivity contribution in [2.45, 2.75) is 59.2 Å². The molecule has 0 saturated carbocycles. The Labute approximate surface area is 162 Å². The summed E-state index contributed by atoms with van der Waals surface area (Å²) in [5, 5.41) is 11.1. The van der Waals surface area contributed by atoms with E-state index >= 15 is 0 Å². The third-order valence-electron chi connectivity index (χ3n) is 5.00. The number of halogens is 1. The molecule has 5 heteroatoms. The maximum Gasteiger partial charge on any atom is 0.320 e. The second-order valence-electron chi connectivity index (χ2n) is 8.56. The van der Waals surface area contributed by atoms with Crippen LogP contribution in [0.15, 0.2) is 18.2 Å². The molecular weight excluding hydrogens is 350 g/mol. The van der Waals surface area contributed by atoms with Crippen molar-refractivity contribution in [3.63, 3.8) is 0 Å². The van der Waals surface area contributed by atoms with Crippen molar-refractivity contribution in [1.29, 1.82) is 0 Å². The lowest BCUT2D eigenvalue weighted by atomic mass is 9.78. The van der Waals surface area contributed by atoms with Gasteiger partial charge in [0.25, 0.3) is 0 Å². The van der Waals surface area contributed by atoms with Crippen LogP contribution in [0.25, 0.3) is 0 Å². The van der Waals surface area contributed by atoms with E-state index in [1.54, 1.807) is 0 Å². The van der Waals surface area contributed by atoms with E-state index in [1.807, 2.05) is 40.7 Å². The molecule has 1 saturated heterocycles. The van der Waals surface area contributed by atoms with E-state index < -0.39 is 11.7 Å². The molecule has 0 aromatic heterocycles. The molecule has 1 aliphatic rings. The van der Waals surface area contributed by atoms with Gasteiger partial charge in [0.15, 0.2) is 0 Å². The van der Waals surface area contributed by atoms with Gasteiger partial charge < -0.3 is 9.84 Å². The third-order valence-corrected chi connectivity index (χ3v) is 5.43. The Morgan fingerprint density at radius 3 is 2.69 bits per heavy atom. The number of nitrogens with zero attached hydrogens (tertiary/aromatic N) is 1. The number of carbonyl (C=O) groups excluding carboxylic acids is 1. The molecule has 3 atom stereocenters. The van der Waals surface area contributed by atoms with Crippen LogP contribution in [0.3, 0.4) is 0 Å². The number of aliphatic hydroxyl groups excluding tert-OH is 1. The van der Waals surface area contributed by atoms with Crippen LogP contribution in [0.4, 0.5) is 0 Å². The van der Waals surface area contributed by atoms with Gasteiger partial charge >= 0.3 is 5.97 Å². The minimum absolute atomic E-state index is 0.141. The Kier molecular flexibility index (Phi) is 7.12. The monoisotopic (exact) mass is 381 g/mol. The van der Waals surface area contributed by atoms with Crippen LogP contribution in [-0.4, -0.2) is 47.3 Å². The number of aliphatic hydroxyl groups is 1. The highest BCUT2D eigenvalue weighted by Crippen LogP contribution is 2.30. The van der Waals surface area contributed by atoms with Gasteiger partial charge in [-0.15, -0.1) is 0 Å². The second kappa shape index (κ2) is 8.73. The second-order valence-corrected chi connectivity index (χ2v) is 8.97. The standard InChI is InChI=1S/C21H32ClNO3/c1-14-10-16(6-7-19(14)22)11-17-8-9-23(12-18(17)15(2)24)13-20(25)26-21(3,4)5/h6-7,10,15,17-18,24H,8-9,11-13H2,1-5H3. The van der Waals surface area contributed by atoms with E-state index in [2.05, 4.69) is 17.0 Å². The molecule has 4 nitrogen and oxygen atoms in total. The number of ether oxygens (including phenoxy) is 1. The van der Waals surface area contributed by atoms with Gasteiger partial charge in [-0.1, -0.05) is 23.7 Å². The zero-order chi connectivity index (χ0) is 19.5. The third kappa shape index (κ3) is 6.26. The number of likely N-dealkylation sites (tertiary alicyclic amines) is 1.